The summed E-state index contributed by atoms with van der Waals surface area (Å²) in [5, 5.41) is 22.2. The Kier molecular flexibility index (Phi) is 5.65. The van der Waals surface area contributed by atoms with Crippen molar-refractivity contribution >= 4 is 11.6 Å². The van der Waals surface area contributed by atoms with E-state index in [1.807, 2.05) is 36.4 Å². The monoisotopic (exact) mass is 469 g/mol. The highest BCUT2D eigenvalue weighted by Crippen LogP contribution is 2.40. The van der Waals surface area contributed by atoms with E-state index in [1.54, 1.807) is 18.3 Å². The van der Waals surface area contributed by atoms with E-state index in [9.17, 15) is 9.90 Å². The molecular weight excluding hydrogens is 438 g/mol. The predicted octanol–water partition coefficient (Wildman–Crippen LogP) is 3.21. The Labute approximate surface area is 205 Å². The molecule has 0 radical (unpaired) electrons. The molecule has 3 aliphatic heterocycles. The molecule has 2 N–H and O–H groups in total. The largest absolute Gasteiger partial charge is 0.507 e. The van der Waals surface area contributed by atoms with E-state index in [4.69, 9.17) is 0 Å². The molecule has 7 nitrogen and oxygen atoms in total. The van der Waals surface area contributed by atoms with Crippen molar-refractivity contribution in [3.8, 4) is 17.0 Å². The number of fused-ring (bicyclic) bond motifs is 1. The number of nitrogens with one attached hydrogen (secondary N) is 1. The second-order valence-electron chi connectivity index (χ2n) is 10.1. The number of aromatic hydroxyl groups is 1. The van der Waals surface area contributed by atoms with Crippen molar-refractivity contribution < 1.29 is 9.90 Å². The van der Waals surface area contributed by atoms with Gasteiger partial charge in [0.2, 0.25) is 5.91 Å². The van der Waals surface area contributed by atoms with Crippen LogP contribution in [-0.4, -0.2) is 64.9 Å². The molecule has 0 spiro atoms. The number of anilines is 1. The van der Waals surface area contributed by atoms with Crippen LogP contribution >= 0.6 is 0 Å². The van der Waals surface area contributed by atoms with E-state index in [1.165, 1.54) is 0 Å². The molecule has 3 saturated heterocycles. The molecule has 3 aliphatic rings. The second-order valence-corrected chi connectivity index (χ2v) is 10.1. The van der Waals surface area contributed by atoms with Gasteiger partial charge in [-0.2, -0.15) is 10.2 Å². The maximum absolute atomic E-state index is 14.1. The summed E-state index contributed by atoms with van der Waals surface area (Å²) in [6, 6.07) is 20.0. The van der Waals surface area contributed by atoms with Crippen molar-refractivity contribution in [2.75, 3.05) is 37.6 Å². The van der Waals surface area contributed by atoms with Crippen LogP contribution in [0.4, 0.5) is 5.69 Å². The van der Waals surface area contributed by atoms with Crippen LogP contribution < -0.4 is 10.2 Å². The molecule has 2 aromatic carbocycles. The first-order valence-electron chi connectivity index (χ1n) is 12.6. The van der Waals surface area contributed by atoms with Crippen LogP contribution in [0.1, 0.15) is 24.8 Å². The Morgan fingerprint density at radius 1 is 1.03 bits per heavy atom. The summed E-state index contributed by atoms with van der Waals surface area (Å²) in [5.74, 6) is 1.19. The molecule has 6 rings (SSSR count). The molecule has 3 aromatic rings. The summed E-state index contributed by atoms with van der Waals surface area (Å²) in [5.41, 5.74) is 2.89. The third kappa shape index (κ3) is 3.93. The van der Waals surface area contributed by atoms with Gasteiger partial charge in [0.05, 0.1) is 23.0 Å². The lowest BCUT2D eigenvalue weighted by atomic mass is 9.71. The molecule has 0 bridgehead atoms. The number of hydrogen-bond donors (Lipinski definition) is 2. The van der Waals surface area contributed by atoms with Crippen LogP contribution in [0.15, 0.2) is 66.9 Å². The lowest BCUT2D eigenvalue weighted by Gasteiger charge is -2.50. The number of carbonyl (C=O) groups excluding carboxylic acids is 1. The zero-order valence-electron chi connectivity index (χ0n) is 19.8. The van der Waals surface area contributed by atoms with Crippen molar-refractivity contribution in [3.05, 3.63) is 72.4 Å². The van der Waals surface area contributed by atoms with Crippen LogP contribution in [0, 0.1) is 5.92 Å². The molecule has 1 aromatic heterocycles. The minimum atomic E-state index is -0.505. The molecular formula is C28H31N5O2. The third-order valence-corrected chi connectivity index (χ3v) is 8.22. The first-order chi connectivity index (χ1) is 17.1. The number of nitrogens with zero attached hydrogens (tertiary/aromatic N) is 4. The van der Waals surface area contributed by atoms with E-state index in [0.717, 1.165) is 69.2 Å². The van der Waals surface area contributed by atoms with Gasteiger partial charge in [-0.3, -0.25) is 4.79 Å². The zero-order chi connectivity index (χ0) is 23.8. The lowest BCUT2D eigenvalue weighted by molar-refractivity contribution is -0.141. The number of phenols is 1. The number of amides is 1. The Bertz CT molecular complexity index is 1210. The van der Waals surface area contributed by atoms with Crippen molar-refractivity contribution in [1.82, 2.24) is 20.4 Å². The van der Waals surface area contributed by atoms with Crippen molar-refractivity contribution in [2.45, 2.75) is 30.7 Å². The highest BCUT2D eigenvalue weighted by atomic mass is 16.3. The number of benzene rings is 2. The van der Waals surface area contributed by atoms with Gasteiger partial charge in [-0.05, 0) is 55.5 Å². The van der Waals surface area contributed by atoms with Crippen LogP contribution in [0.5, 0.6) is 5.75 Å². The van der Waals surface area contributed by atoms with Gasteiger partial charge in [0, 0.05) is 37.8 Å². The predicted molar refractivity (Wildman–Crippen MR) is 135 cm³/mol. The highest BCUT2D eigenvalue weighted by molar-refractivity contribution is 5.89. The molecule has 2 atom stereocenters. The van der Waals surface area contributed by atoms with Crippen LogP contribution in [0.3, 0.4) is 0 Å². The number of likely N-dealkylation sites (tertiary alicyclic amines) is 1. The number of hydrogen-bond acceptors (Lipinski definition) is 6. The summed E-state index contributed by atoms with van der Waals surface area (Å²) in [6.45, 7) is 4.28. The Hall–Kier alpha value is -3.45. The van der Waals surface area contributed by atoms with Gasteiger partial charge in [-0.15, -0.1) is 0 Å². The fraction of sp³-hybridized carbons (Fsp3) is 0.393. The molecule has 180 valence electrons. The van der Waals surface area contributed by atoms with Crippen LogP contribution in [0.2, 0.25) is 0 Å². The summed E-state index contributed by atoms with van der Waals surface area (Å²) in [6.07, 6.45) is 4.37. The normalized spacial score (nSPS) is 23.3. The third-order valence-electron chi connectivity index (χ3n) is 8.22. The van der Waals surface area contributed by atoms with Gasteiger partial charge in [-0.1, -0.05) is 42.5 Å². The van der Waals surface area contributed by atoms with Gasteiger partial charge in [0.25, 0.3) is 0 Å². The Balaban J connectivity index is 1.25. The number of phenolic OH excluding ortho intramolecular Hbond substituents is 1. The molecule has 1 amide bonds. The van der Waals surface area contributed by atoms with E-state index in [0.29, 0.717) is 17.3 Å². The van der Waals surface area contributed by atoms with Gasteiger partial charge in [0.15, 0.2) is 0 Å². The summed E-state index contributed by atoms with van der Waals surface area (Å²) >= 11 is 0. The van der Waals surface area contributed by atoms with Crippen molar-refractivity contribution in [1.29, 1.82) is 0 Å². The SMILES string of the molecule is O=C(N1CCC2CNC2C1)C1(c2ccccc2)CCN(c2cnnc(-c3ccccc3O)c2)CC1. The Morgan fingerprint density at radius 2 is 1.80 bits per heavy atom. The zero-order valence-corrected chi connectivity index (χ0v) is 19.8. The van der Waals surface area contributed by atoms with Crippen LogP contribution in [-0.2, 0) is 10.2 Å². The van der Waals surface area contributed by atoms with Gasteiger partial charge in [-0.25, -0.2) is 0 Å². The average molecular weight is 470 g/mol. The lowest BCUT2D eigenvalue weighted by Crippen LogP contribution is -2.65. The fourth-order valence-electron chi connectivity index (χ4n) is 5.99. The topological polar surface area (TPSA) is 81.6 Å². The standard InChI is InChI=1S/C28H31N5O2/c34-26-9-5-4-8-23(26)24-16-22(18-30-31-24)32-14-11-28(12-15-32,21-6-2-1-3-7-21)27(35)33-13-10-20-17-29-25(20)19-33/h1-9,16,18,20,25,29,34H,10-15,17,19H2. The number of para-hydroxylation sites is 1. The summed E-state index contributed by atoms with van der Waals surface area (Å²) in [4.78, 5) is 18.5. The quantitative estimate of drug-likeness (QED) is 0.611. The highest BCUT2D eigenvalue weighted by Gasteiger charge is 2.47. The maximum atomic E-state index is 14.1. The van der Waals surface area contributed by atoms with E-state index >= 15 is 0 Å². The van der Waals surface area contributed by atoms with Crippen molar-refractivity contribution in [3.63, 3.8) is 0 Å². The maximum Gasteiger partial charge on any atom is 0.233 e. The van der Waals surface area contributed by atoms with Crippen molar-refractivity contribution in [2.24, 2.45) is 5.92 Å². The van der Waals surface area contributed by atoms with E-state index in [2.05, 4.69) is 37.4 Å². The second kappa shape index (κ2) is 8.96. The fourth-order valence-corrected chi connectivity index (χ4v) is 5.99. The van der Waals surface area contributed by atoms with Gasteiger partial charge >= 0.3 is 0 Å². The number of piperidine rings is 2. The number of rotatable bonds is 4. The van der Waals surface area contributed by atoms with Gasteiger partial charge in [0.1, 0.15) is 5.75 Å². The summed E-state index contributed by atoms with van der Waals surface area (Å²) < 4.78 is 0. The first kappa shape index (κ1) is 22.0. The minimum absolute atomic E-state index is 0.191. The minimum Gasteiger partial charge on any atom is -0.507 e. The smallest absolute Gasteiger partial charge is 0.233 e. The molecule has 3 fully saturated rings. The molecule has 35 heavy (non-hydrogen) atoms. The van der Waals surface area contributed by atoms with E-state index in [-0.39, 0.29) is 11.7 Å². The molecule has 2 unspecified atom stereocenters. The molecule has 0 aliphatic carbocycles. The number of aromatic nitrogens is 2. The average Bonchev–Trinajstić information content (AvgIpc) is 2.90. The molecule has 0 saturated carbocycles. The van der Waals surface area contributed by atoms with E-state index < -0.39 is 5.41 Å². The summed E-state index contributed by atoms with van der Waals surface area (Å²) in [7, 11) is 0. The van der Waals surface area contributed by atoms with Gasteiger partial charge < -0.3 is 20.2 Å². The van der Waals surface area contributed by atoms with Crippen LogP contribution in [0.25, 0.3) is 11.3 Å². The molecule has 7 heteroatoms. The Morgan fingerprint density at radius 3 is 2.51 bits per heavy atom. The number of carbonyl (C=O) groups is 1. The first-order valence-corrected chi connectivity index (χ1v) is 12.6. The molecule has 4 heterocycles.